The van der Waals surface area contributed by atoms with Crippen LogP contribution in [0.15, 0.2) is 12.7 Å². The summed E-state index contributed by atoms with van der Waals surface area (Å²) in [6, 6.07) is 0. The molecule has 18 heavy (non-hydrogen) atoms. The van der Waals surface area contributed by atoms with Gasteiger partial charge >= 0.3 is 5.97 Å². The predicted octanol–water partition coefficient (Wildman–Crippen LogP) is -0.0785. The van der Waals surface area contributed by atoms with Gasteiger partial charge in [-0.3, -0.25) is 4.21 Å². The van der Waals surface area contributed by atoms with Gasteiger partial charge in [0.1, 0.15) is 12.6 Å². The summed E-state index contributed by atoms with van der Waals surface area (Å²) in [6.45, 7) is 4.98. The number of aliphatic hydroxyl groups excluding tert-OH is 1. The van der Waals surface area contributed by atoms with Crippen molar-refractivity contribution in [3.8, 4) is 0 Å². The first kappa shape index (κ1) is 17.3. The molecule has 0 aromatic carbocycles. The summed E-state index contributed by atoms with van der Waals surface area (Å²) in [7, 11) is 2.98. The Balaban J connectivity index is 3.88. The molecule has 0 saturated heterocycles. The number of hydrogen-bond donors (Lipinski definition) is 1. The lowest BCUT2D eigenvalue weighted by atomic mass is 10.3. The van der Waals surface area contributed by atoms with Crippen molar-refractivity contribution in [2.75, 3.05) is 45.8 Å². The quantitative estimate of drug-likeness (QED) is 0.277. The van der Waals surface area contributed by atoms with Crippen LogP contribution in [0.5, 0.6) is 0 Å². The van der Waals surface area contributed by atoms with Crippen molar-refractivity contribution < 1.29 is 23.3 Å². The molecule has 2 atom stereocenters. The van der Waals surface area contributed by atoms with Gasteiger partial charge in [-0.05, 0) is 0 Å². The van der Waals surface area contributed by atoms with Crippen LogP contribution in [0.2, 0.25) is 0 Å². The molecule has 0 heterocycles. The largest absolute Gasteiger partial charge is 0.462 e. The SMILES string of the molecule is C=CC(=O)OCCC[N+](C)(C)CC(O)CS(C)=O. The summed E-state index contributed by atoms with van der Waals surface area (Å²) >= 11 is 0. The molecule has 0 saturated carbocycles. The number of ether oxygens (including phenoxy) is 1. The molecule has 0 radical (unpaired) electrons. The van der Waals surface area contributed by atoms with Gasteiger partial charge in [0.2, 0.25) is 0 Å². The molecule has 5 nitrogen and oxygen atoms in total. The fourth-order valence-corrected chi connectivity index (χ4v) is 2.36. The Labute approximate surface area is 111 Å². The maximum atomic E-state index is 11.0. The zero-order valence-corrected chi connectivity index (χ0v) is 12.2. The van der Waals surface area contributed by atoms with Gasteiger partial charge in [-0.2, -0.15) is 0 Å². The smallest absolute Gasteiger partial charge is 0.330 e. The molecule has 6 heteroatoms. The zero-order valence-electron chi connectivity index (χ0n) is 11.4. The Bertz CT molecular complexity index is 304. The van der Waals surface area contributed by atoms with E-state index in [4.69, 9.17) is 4.74 Å². The second-order valence-corrected chi connectivity index (χ2v) is 6.44. The molecule has 0 bridgehead atoms. The van der Waals surface area contributed by atoms with Crippen LogP contribution in [-0.2, 0) is 20.3 Å². The third-order valence-electron chi connectivity index (χ3n) is 2.45. The number of esters is 1. The highest BCUT2D eigenvalue weighted by molar-refractivity contribution is 7.84. The van der Waals surface area contributed by atoms with Crippen LogP contribution in [0.3, 0.4) is 0 Å². The van der Waals surface area contributed by atoms with E-state index in [0.29, 0.717) is 29.8 Å². The molecule has 0 aromatic heterocycles. The van der Waals surface area contributed by atoms with Crippen molar-refractivity contribution in [3.63, 3.8) is 0 Å². The number of likely N-dealkylation sites (N-methyl/N-ethyl adjacent to an activating group) is 1. The van der Waals surface area contributed by atoms with E-state index >= 15 is 0 Å². The highest BCUT2D eigenvalue weighted by atomic mass is 32.2. The highest BCUT2D eigenvalue weighted by Gasteiger charge is 2.21. The Kier molecular flexibility index (Phi) is 8.06. The number of hydrogen-bond acceptors (Lipinski definition) is 4. The number of aliphatic hydroxyl groups is 1. The van der Waals surface area contributed by atoms with Crippen LogP contribution in [-0.4, -0.2) is 71.7 Å². The fourth-order valence-electron chi connectivity index (χ4n) is 1.71. The van der Waals surface area contributed by atoms with Crippen LogP contribution in [0.4, 0.5) is 0 Å². The molecular weight excluding hydrogens is 254 g/mol. The third-order valence-corrected chi connectivity index (χ3v) is 3.31. The van der Waals surface area contributed by atoms with Gasteiger partial charge in [-0.25, -0.2) is 4.79 Å². The molecule has 1 N–H and O–H groups in total. The molecule has 0 aliphatic carbocycles. The number of quaternary nitrogens is 1. The first-order chi connectivity index (χ1) is 8.26. The van der Waals surface area contributed by atoms with Gasteiger partial charge in [0.25, 0.3) is 0 Å². The topological polar surface area (TPSA) is 63.6 Å². The van der Waals surface area contributed by atoms with E-state index in [1.54, 1.807) is 6.26 Å². The van der Waals surface area contributed by atoms with Crippen molar-refractivity contribution in [2.45, 2.75) is 12.5 Å². The van der Waals surface area contributed by atoms with Crippen LogP contribution >= 0.6 is 0 Å². The van der Waals surface area contributed by atoms with E-state index in [-0.39, 0.29) is 0 Å². The zero-order chi connectivity index (χ0) is 14.2. The highest BCUT2D eigenvalue weighted by Crippen LogP contribution is 2.03. The summed E-state index contributed by atoms with van der Waals surface area (Å²) in [5.74, 6) is -0.116. The summed E-state index contributed by atoms with van der Waals surface area (Å²) in [5, 5.41) is 9.73. The predicted molar refractivity (Wildman–Crippen MR) is 72.6 cm³/mol. The lowest BCUT2D eigenvalue weighted by Crippen LogP contribution is -2.47. The minimum Gasteiger partial charge on any atom is -0.462 e. The van der Waals surface area contributed by atoms with Gasteiger partial charge in [0.15, 0.2) is 0 Å². The van der Waals surface area contributed by atoms with Gasteiger partial charge in [-0.15, -0.1) is 0 Å². The van der Waals surface area contributed by atoms with Crippen molar-refractivity contribution >= 4 is 16.8 Å². The van der Waals surface area contributed by atoms with Crippen LogP contribution in [0.25, 0.3) is 0 Å². The first-order valence-electron chi connectivity index (χ1n) is 5.86. The Hall–Kier alpha value is -0.720. The molecule has 0 aliphatic rings. The second kappa shape index (κ2) is 8.39. The van der Waals surface area contributed by atoms with E-state index in [9.17, 15) is 14.1 Å². The number of nitrogens with zero attached hydrogens (tertiary/aromatic N) is 1. The third kappa shape index (κ3) is 9.32. The summed E-state index contributed by atoms with van der Waals surface area (Å²) in [4.78, 5) is 10.8. The molecule has 0 spiro atoms. The lowest BCUT2D eigenvalue weighted by molar-refractivity contribution is -0.893. The monoisotopic (exact) mass is 278 g/mol. The maximum Gasteiger partial charge on any atom is 0.330 e. The minimum atomic E-state index is -0.986. The average molecular weight is 278 g/mol. The number of rotatable bonds is 9. The number of carbonyl (C=O) groups is 1. The summed E-state index contributed by atoms with van der Waals surface area (Å²) in [6.07, 6.45) is 2.87. The maximum absolute atomic E-state index is 11.0. The molecule has 0 aromatic rings. The van der Waals surface area contributed by atoms with Crippen molar-refractivity contribution in [2.24, 2.45) is 0 Å². The van der Waals surface area contributed by atoms with Gasteiger partial charge in [0.05, 0.1) is 33.0 Å². The molecule has 0 amide bonds. The number of carbonyl (C=O) groups excluding carboxylic acids is 1. The Morgan fingerprint density at radius 1 is 1.56 bits per heavy atom. The van der Waals surface area contributed by atoms with Crippen LogP contribution < -0.4 is 0 Å². The average Bonchev–Trinajstić information content (AvgIpc) is 2.21. The first-order valence-corrected chi connectivity index (χ1v) is 7.59. The van der Waals surface area contributed by atoms with Crippen LogP contribution in [0.1, 0.15) is 6.42 Å². The molecule has 106 valence electrons. The molecule has 0 fully saturated rings. The minimum absolute atomic E-state index is 0.299. The Morgan fingerprint density at radius 2 is 2.17 bits per heavy atom. The summed E-state index contributed by atoms with van der Waals surface area (Å²) < 4.78 is 16.5. The van der Waals surface area contributed by atoms with E-state index < -0.39 is 22.9 Å². The second-order valence-electron chi connectivity index (χ2n) is 4.96. The van der Waals surface area contributed by atoms with Crippen molar-refractivity contribution in [3.05, 3.63) is 12.7 Å². The van der Waals surface area contributed by atoms with Gasteiger partial charge < -0.3 is 14.3 Å². The van der Waals surface area contributed by atoms with Crippen molar-refractivity contribution in [1.82, 2.24) is 0 Å². The Morgan fingerprint density at radius 3 is 2.67 bits per heavy atom. The van der Waals surface area contributed by atoms with Crippen LogP contribution in [0, 0.1) is 0 Å². The van der Waals surface area contributed by atoms with Gasteiger partial charge in [-0.1, -0.05) is 6.58 Å². The molecule has 0 aliphatic heterocycles. The fraction of sp³-hybridized carbons (Fsp3) is 0.750. The molecule has 2 unspecified atom stereocenters. The van der Waals surface area contributed by atoms with Gasteiger partial charge in [0, 0.05) is 29.6 Å². The van der Waals surface area contributed by atoms with E-state index in [2.05, 4.69) is 6.58 Å². The van der Waals surface area contributed by atoms with E-state index in [0.717, 1.165) is 12.6 Å². The van der Waals surface area contributed by atoms with E-state index in [1.165, 1.54) is 0 Å². The normalized spacial score (nSPS) is 14.9. The van der Waals surface area contributed by atoms with Crippen molar-refractivity contribution in [1.29, 1.82) is 0 Å². The molecule has 0 rings (SSSR count). The molecular formula is C12H24NO4S+. The van der Waals surface area contributed by atoms with E-state index in [1.807, 2.05) is 14.1 Å². The summed E-state index contributed by atoms with van der Waals surface area (Å²) in [5.41, 5.74) is 0. The standard InChI is InChI=1S/C12H24NO4S/c1-5-12(15)17-8-6-7-13(2,3)9-11(14)10-18(4)16/h5,11,14H,1,6-10H2,2-4H3/q+1. The lowest BCUT2D eigenvalue weighted by Gasteiger charge is -2.31.